The number of nitrogens with zero attached hydrogens (tertiary/aromatic N) is 2. The standard InChI is InChI=1S/C37H48N4O5/c1-5-40(6-2)25-17-18-27(28(20-25)38-31(43)19-23-13-9-10-14-23)32-35(44)34(36(32)45)33-29(39-37(46)24-15-11-12-16-24)21-26(22-30(33)42)41(7-3)8-4/h17-18,20-24,44H,5-16,19H2,1-4H3,(H,38,43)(H,39,46). The quantitative estimate of drug-likeness (QED) is 0.236. The van der Waals surface area contributed by atoms with Crippen LogP contribution < -0.4 is 15.5 Å². The van der Waals surface area contributed by atoms with Gasteiger partial charge >= 0.3 is 0 Å². The van der Waals surface area contributed by atoms with Crippen LogP contribution in [-0.4, -0.2) is 59.6 Å². The molecule has 0 aromatic heterocycles. The highest BCUT2D eigenvalue weighted by Crippen LogP contribution is 2.44. The Morgan fingerprint density at radius 3 is 2.04 bits per heavy atom. The molecule has 0 unspecified atom stereocenters. The van der Waals surface area contributed by atoms with Gasteiger partial charge in [-0.25, -0.2) is 0 Å². The Labute approximate surface area is 272 Å². The highest BCUT2D eigenvalue weighted by molar-refractivity contribution is 6.42. The minimum atomic E-state index is -0.497. The summed E-state index contributed by atoms with van der Waals surface area (Å²) < 4.78 is 0. The van der Waals surface area contributed by atoms with Crippen LogP contribution in [0.2, 0.25) is 0 Å². The number of aliphatic hydroxyl groups excluding tert-OH is 1. The highest BCUT2D eigenvalue weighted by atomic mass is 16.3. The fourth-order valence-electron chi connectivity index (χ4n) is 7.35. The van der Waals surface area contributed by atoms with Crippen molar-refractivity contribution in [3.05, 3.63) is 64.2 Å². The van der Waals surface area contributed by atoms with Crippen LogP contribution in [0.5, 0.6) is 0 Å². The number of anilines is 2. The van der Waals surface area contributed by atoms with Gasteiger partial charge in [-0.15, -0.1) is 0 Å². The summed E-state index contributed by atoms with van der Waals surface area (Å²) >= 11 is 0. The van der Waals surface area contributed by atoms with Gasteiger partial charge in [0.15, 0.2) is 5.78 Å². The molecule has 3 N–H and O–H groups in total. The van der Waals surface area contributed by atoms with E-state index in [2.05, 4.69) is 29.4 Å². The molecular weight excluding hydrogens is 580 g/mol. The SMILES string of the molecule is CCN(CC)C1=CC(=O)C(=C2C(=O)C(c3ccc(N(CC)CC)cc3NC(=O)CC3CCCC3)=C2O)C(NC(=O)C2CCCC2)=C1. The molecule has 0 atom stereocenters. The predicted octanol–water partition coefficient (Wildman–Crippen LogP) is 6.20. The van der Waals surface area contributed by atoms with Gasteiger partial charge in [-0.1, -0.05) is 25.7 Å². The molecule has 0 spiro atoms. The van der Waals surface area contributed by atoms with Gasteiger partial charge in [0.1, 0.15) is 5.76 Å². The molecule has 246 valence electrons. The van der Waals surface area contributed by atoms with Crippen LogP contribution >= 0.6 is 0 Å². The minimum absolute atomic E-state index is 0.0000771. The summed E-state index contributed by atoms with van der Waals surface area (Å²) in [5.41, 5.74) is 2.59. The van der Waals surface area contributed by atoms with E-state index in [1.165, 1.54) is 6.08 Å². The van der Waals surface area contributed by atoms with E-state index in [1.54, 1.807) is 12.1 Å². The molecule has 0 radical (unpaired) electrons. The summed E-state index contributed by atoms with van der Waals surface area (Å²) in [6, 6.07) is 5.49. The predicted molar refractivity (Wildman–Crippen MR) is 181 cm³/mol. The lowest BCUT2D eigenvalue weighted by atomic mass is 9.77. The molecule has 0 aliphatic heterocycles. The van der Waals surface area contributed by atoms with Gasteiger partial charge < -0.3 is 25.5 Å². The Morgan fingerprint density at radius 1 is 0.804 bits per heavy atom. The van der Waals surface area contributed by atoms with Crippen molar-refractivity contribution in [1.29, 1.82) is 0 Å². The number of ketones is 2. The van der Waals surface area contributed by atoms with E-state index in [-0.39, 0.29) is 45.9 Å². The van der Waals surface area contributed by atoms with E-state index in [4.69, 9.17) is 0 Å². The number of amides is 2. The van der Waals surface area contributed by atoms with E-state index in [0.29, 0.717) is 42.4 Å². The van der Waals surface area contributed by atoms with Crippen molar-refractivity contribution in [3.63, 3.8) is 0 Å². The second-order valence-corrected chi connectivity index (χ2v) is 12.7. The van der Waals surface area contributed by atoms with Crippen LogP contribution in [0.25, 0.3) is 5.57 Å². The molecule has 2 fully saturated rings. The molecule has 9 nitrogen and oxygen atoms in total. The Balaban J connectivity index is 1.55. The Kier molecular flexibility index (Phi) is 10.5. The summed E-state index contributed by atoms with van der Waals surface area (Å²) in [6.07, 6.45) is 11.5. The van der Waals surface area contributed by atoms with Crippen molar-refractivity contribution in [2.24, 2.45) is 11.8 Å². The molecule has 0 heterocycles. The van der Waals surface area contributed by atoms with Crippen LogP contribution in [0, 0.1) is 11.8 Å². The molecule has 9 heteroatoms. The van der Waals surface area contributed by atoms with Gasteiger partial charge in [0.05, 0.1) is 28.1 Å². The number of hydrogen-bond acceptors (Lipinski definition) is 7. The number of likely N-dealkylation sites (N-methyl/N-ethyl adjacent to an activating group) is 1. The summed E-state index contributed by atoms with van der Waals surface area (Å²) in [5, 5.41) is 17.5. The lowest BCUT2D eigenvalue weighted by Gasteiger charge is -2.30. The first kappa shape index (κ1) is 33.2. The van der Waals surface area contributed by atoms with E-state index in [0.717, 1.165) is 70.1 Å². The van der Waals surface area contributed by atoms with Crippen LogP contribution in [-0.2, 0) is 19.2 Å². The Hall–Kier alpha value is -4.14. The van der Waals surface area contributed by atoms with Crippen molar-refractivity contribution < 1.29 is 24.3 Å². The van der Waals surface area contributed by atoms with Gasteiger partial charge in [0, 0.05) is 61.5 Å². The van der Waals surface area contributed by atoms with Gasteiger partial charge in [-0.3, -0.25) is 19.2 Å². The van der Waals surface area contributed by atoms with Crippen molar-refractivity contribution >= 4 is 40.3 Å². The van der Waals surface area contributed by atoms with Crippen molar-refractivity contribution in [3.8, 4) is 0 Å². The lowest BCUT2D eigenvalue weighted by molar-refractivity contribution is -0.124. The van der Waals surface area contributed by atoms with Crippen LogP contribution in [0.4, 0.5) is 11.4 Å². The fourth-order valence-corrected chi connectivity index (χ4v) is 7.35. The lowest BCUT2D eigenvalue weighted by Crippen LogP contribution is -2.36. The first-order valence-electron chi connectivity index (χ1n) is 17.2. The second-order valence-electron chi connectivity index (χ2n) is 12.7. The molecule has 2 amide bonds. The smallest absolute Gasteiger partial charge is 0.227 e. The Morgan fingerprint density at radius 2 is 1.43 bits per heavy atom. The molecule has 46 heavy (non-hydrogen) atoms. The largest absolute Gasteiger partial charge is 0.506 e. The summed E-state index contributed by atoms with van der Waals surface area (Å²) in [4.78, 5) is 58.2. The van der Waals surface area contributed by atoms with Gasteiger partial charge in [-0.05, 0) is 83.6 Å². The molecule has 2 saturated carbocycles. The minimum Gasteiger partial charge on any atom is -0.506 e. The number of carbonyl (C=O) groups is 4. The molecule has 5 rings (SSSR count). The molecule has 0 bridgehead atoms. The van der Waals surface area contributed by atoms with E-state index >= 15 is 0 Å². The molecule has 1 aromatic carbocycles. The average Bonchev–Trinajstić information content (AvgIpc) is 3.76. The van der Waals surface area contributed by atoms with Crippen LogP contribution in [0.15, 0.2) is 58.7 Å². The molecular formula is C37H48N4O5. The normalized spacial score (nSPS) is 20.4. The first-order chi connectivity index (χ1) is 22.2. The van der Waals surface area contributed by atoms with Crippen LogP contribution in [0.1, 0.15) is 91.0 Å². The average molecular weight is 629 g/mol. The fraction of sp³-hybridized carbons (Fsp3) is 0.514. The number of allylic oxidation sites excluding steroid dienone is 5. The Bertz CT molecular complexity index is 1510. The molecule has 4 aliphatic carbocycles. The molecule has 1 aromatic rings. The zero-order chi connectivity index (χ0) is 33.0. The van der Waals surface area contributed by atoms with Crippen molar-refractivity contribution in [1.82, 2.24) is 10.2 Å². The molecule has 0 saturated heterocycles. The maximum absolute atomic E-state index is 14.0. The van der Waals surface area contributed by atoms with Crippen molar-refractivity contribution in [2.45, 2.75) is 85.5 Å². The number of aliphatic hydroxyl groups is 1. The topological polar surface area (TPSA) is 119 Å². The number of hydrogen-bond donors (Lipinski definition) is 3. The third-order valence-electron chi connectivity index (χ3n) is 10.0. The van der Waals surface area contributed by atoms with Gasteiger partial charge in [0.25, 0.3) is 0 Å². The van der Waals surface area contributed by atoms with E-state index in [1.807, 2.05) is 30.9 Å². The summed E-state index contributed by atoms with van der Waals surface area (Å²) in [6.45, 7) is 10.9. The van der Waals surface area contributed by atoms with E-state index < -0.39 is 11.6 Å². The zero-order valence-corrected chi connectivity index (χ0v) is 27.7. The number of Topliss-reactive ketones (excluding diaryl/α,β-unsaturated/α-hetero) is 1. The monoisotopic (exact) mass is 628 g/mol. The summed E-state index contributed by atoms with van der Waals surface area (Å²) in [7, 11) is 0. The number of benzene rings is 1. The maximum Gasteiger partial charge on any atom is 0.227 e. The number of rotatable bonds is 12. The number of nitrogens with one attached hydrogen (secondary N) is 2. The van der Waals surface area contributed by atoms with E-state index in [9.17, 15) is 24.3 Å². The van der Waals surface area contributed by atoms with Crippen LogP contribution in [0.3, 0.4) is 0 Å². The number of carbonyl (C=O) groups excluding carboxylic acids is 4. The van der Waals surface area contributed by atoms with Gasteiger partial charge in [-0.2, -0.15) is 0 Å². The van der Waals surface area contributed by atoms with Gasteiger partial charge in [0.2, 0.25) is 17.6 Å². The third kappa shape index (κ3) is 6.69. The van der Waals surface area contributed by atoms with Crippen molar-refractivity contribution in [2.75, 3.05) is 36.4 Å². The first-order valence-corrected chi connectivity index (χ1v) is 17.2. The third-order valence-corrected chi connectivity index (χ3v) is 10.0. The highest BCUT2D eigenvalue weighted by Gasteiger charge is 2.42. The summed E-state index contributed by atoms with van der Waals surface area (Å²) in [5.74, 6) is -1.35. The molecule has 4 aliphatic rings. The maximum atomic E-state index is 14.0. The zero-order valence-electron chi connectivity index (χ0n) is 27.7. The second kappa shape index (κ2) is 14.5.